The maximum Gasteiger partial charge on any atom is 0.305 e. The van der Waals surface area contributed by atoms with Crippen LogP contribution in [0.1, 0.15) is 12.0 Å². The summed E-state index contributed by atoms with van der Waals surface area (Å²) >= 11 is 6.22. The lowest BCUT2D eigenvalue weighted by Gasteiger charge is -2.12. The maximum absolute atomic E-state index is 12.1. The van der Waals surface area contributed by atoms with Crippen LogP contribution >= 0.6 is 24.0 Å². The van der Waals surface area contributed by atoms with Gasteiger partial charge in [0.05, 0.1) is 11.3 Å². The molecule has 7 heteroatoms. The first-order chi connectivity index (χ1) is 9.47. The van der Waals surface area contributed by atoms with Gasteiger partial charge in [-0.15, -0.1) is 0 Å². The van der Waals surface area contributed by atoms with Gasteiger partial charge in [0, 0.05) is 6.54 Å². The summed E-state index contributed by atoms with van der Waals surface area (Å²) in [5.74, 6) is -1.10. The molecule has 1 heterocycles. The van der Waals surface area contributed by atoms with E-state index in [4.69, 9.17) is 17.3 Å². The summed E-state index contributed by atoms with van der Waals surface area (Å²) in [7, 11) is 0. The molecule has 1 amide bonds. The van der Waals surface area contributed by atoms with Crippen molar-refractivity contribution in [3.05, 3.63) is 34.7 Å². The molecule has 5 nitrogen and oxygen atoms in total. The molecule has 104 valence electrons. The second-order valence-electron chi connectivity index (χ2n) is 4.07. The highest BCUT2D eigenvalue weighted by atomic mass is 32.2. The van der Waals surface area contributed by atoms with Crippen molar-refractivity contribution in [2.45, 2.75) is 6.42 Å². The number of benzene rings is 1. The number of carbonyl (C=O) groups is 2. The standard InChI is InChI=1S/C13H11NO4S2/c15-9-3-1-8(2-4-9)7-10-12(18)14(13(19)20-10)6-5-11(16)17/h1-4,7,15H,5-6H2,(H,16,17)/b10-7-. The number of aliphatic carboxylic acids is 1. The van der Waals surface area contributed by atoms with Crippen molar-refractivity contribution < 1.29 is 19.8 Å². The van der Waals surface area contributed by atoms with Gasteiger partial charge in [0.2, 0.25) is 0 Å². The Labute approximate surface area is 124 Å². The van der Waals surface area contributed by atoms with Gasteiger partial charge in [-0.1, -0.05) is 36.1 Å². The Balaban J connectivity index is 2.14. The minimum Gasteiger partial charge on any atom is -0.508 e. The van der Waals surface area contributed by atoms with Crippen molar-refractivity contribution >= 4 is 46.3 Å². The van der Waals surface area contributed by atoms with E-state index < -0.39 is 5.97 Å². The van der Waals surface area contributed by atoms with Gasteiger partial charge in [0.1, 0.15) is 10.1 Å². The zero-order valence-electron chi connectivity index (χ0n) is 10.3. The van der Waals surface area contributed by atoms with Crippen LogP contribution in [0.3, 0.4) is 0 Å². The summed E-state index contributed by atoms with van der Waals surface area (Å²) in [6.45, 7) is 0.0763. The van der Waals surface area contributed by atoms with Gasteiger partial charge in [-0.05, 0) is 23.8 Å². The fourth-order valence-electron chi connectivity index (χ4n) is 1.62. The van der Waals surface area contributed by atoms with Gasteiger partial charge in [0.25, 0.3) is 5.91 Å². The van der Waals surface area contributed by atoms with Crippen molar-refractivity contribution in [2.24, 2.45) is 0 Å². The lowest BCUT2D eigenvalue weighted by molar-refractivity contribution is -0.137. The van der Waals surface area contributed by atoms with Gasteiger partial charge >= 0.3 is 5.97 Å². The van der Waals surface area contributed by atoms with Crippen LogP contribution < -0.4 is 0 Å². The Kier molecular flexibility index (Phi) is 4.41. The Morgan fingerprint density at radius 2 is 2.00 bits per heavy atom. The Bertz CT molecular complexity index is 595. The van der Waals surface area contributed by atoms with E-state index in [0.29, 0.717) is 9.23 Å². The molecule has 0 saturated carbocycles. The number of carboxylic acid groups (broad SMARTS) is 1. The number of phenolic OH excluding ortho intramolecular Hbond substituents is 1. The summed E-state index contributed by atoms with van der Waals surface area (Å²) < 4.78 is 0.362. The highest BCUT2D eigenvalue weighted by Gasteiger charge is 2.31. The highest BCUT2D eigenvalue weighted by Crippen LogP contribution is 2.32. The second-order valence-corrected chi connectivity index (χ2v) is 5.74. The predicted octanol–water partition coefficient (Wildman–Crippen LogP) is 2.07. The Morgan fingerprint density at radius 3 is 2.60 bits per heavy atom. The molecular formula is C13H11NO4S2. The summed E-state index contributed by atoms with van der Waals surface area (Å²) in [6, 6.07) is 6.41. The minimum atomic E-state index is -0.971. The van der Waals surface area contributed by atoms with Crippen molar-refractivity contribution in [1.29, 1.82) is 0 Å². The molecular weight excluding hydrogens is 298 g/mol. The number of thioether (sulfide) groups is 1. The molecule has 2 N–H and O–H groups in total. The molecule has 0 aromatic heterocycles. The Hall–Kier alpha value is -1.86. The van der Waals surface area contributed by atoms with Crippen LogP contribution in [0, 0.1) is 0 Å². The van der Waals surface area contributed by atoms with Crippen LogP contribution in [0.25, 0.3) is 6.08 Å². The molecule has 1 aliphatic rings. The summed E-state index contributed by atoms with van der Waals surface area (Å²) in [6.07, 6.45) is 1.53. The third-order valence-electron chi connectivity index (χ3n) is 2.61. The van der Waals surface area contributed by atoms with Gasteiger partial charge in [0.15, 0.2) is 0 Å². The van der Waals surface area contributed by atoms with E-state index in [-0.39, 0.29) is 24.6 Å². The van der Waals surface area contributed by atoms with E-state index in [0.717, 1.165) is 17.3 Å². The van der Waals surface area contributed by atoms with Crippen LogP contribution in [0.15, 0.2) is 29.2 Å². The number of thiocarbonyl (C=S) groups is 1. The number of carboxylic acids is 1. The molecule has 1 aromatic carbocycles. The zero-order chi connectivity index (χ0) is 14.7. The fraction of sp³-hybridized carbons (Fsp3) is 0.154. The fourth-order valence-corrected chi connectivity index (χ4v) is 2.93. The molecule has 0 spiro atoms. The number of nitrogens with zero attached hydrogens (tertiary/aromatic N) is 1. The van der Waals surface area contributed by atoms with Crippen LogP contribution in [-0.4, -0.2) is 37.9 Å². The first-order valence-corrected chi connectivity index (χ1v) is 6.96. The summed E-state index contributed by atoms with van der Waals surface area (Å²) in [5, 5.41) is 17.8. The number of hydrogen-bond donors (Lipinski definition) is 2. The van der Waals surface area contributed by atoms with Gasteiger partial charge in [-0.3, -0.25) is 14.5 Å². The maximum atomic E-state index is 12.1. The van der Waals surface area contributed by atoms with Crippen LogP contribution in [0.4, 0.5) is 0 Å². The summed E-state index contributed by atoms with van der Waals surface area (Å²) in [5.41, 5.74) is 0.765. The van der Waals surface area contributed by atoms with E-state index in [1.54, 1.807) is 18.2 Å². The number of carbonyl (C=O) groups excluding carboxylic acids is 1. The van der Waals surface area contributed by atoms with Crippen molar-refractivity contribution in [1.82, 2.24) is 4.90 Å². The van der Waals surface area contributed by atoms with Crippen molar-refractivity contribution in [3.63, 3.8) is 0 Å². The largest absolute Gasteiger partial charge is 0.508 e. The van der Waals surface area contributed by atoms with E-state index in [9.17, 15) is 14.7 Å². The molecule has 0 unspecified atom stereocenters. The first kappa shape index (κ1) is 14.5. The van der Waals surface area contributed by atoms with Crippen LogP contribution in [0.5, 0.6) is 5.75 Å². The normalized spacial score (nSPS) is 17.0. The Morgan fingerprint density at radius 1 is 1.35 bits per heavy atom. The second kappa shape index (κ2) is 6.06. The van der Waals surface area contributed by atoms with Crippen molar-refractivity contribution in [3.8, 4) is 5.75 Å². The topological polar surface area (TPSA) is 77.8 Å². The lowest BCUT2D eigenvalue weighted by atomic mass is 10.2. The monoisotopic (exact) mass is 309 g/mol. The molecule has 1 saturated heterocycles. The molecule has 1 aliphatic heterocycles. The minimum absolute atomic E-state index is 0.0763. The van der Waals surface area contributed by atoms with E-state index in [2.05, 4.69) is 0 Å². The molecule has 0 bridgehead atoms. The molecule has 2 rings (SSSR count). The number of amides is 1. The average Bonchev–Trinajstić information content (AvgIpc) is 2.65. The quantitative estimate of drug-likeness (QED) is 0.655. The third-order valence-corrected chi connectivity index (χ3v) is 3.99. The predicted molar refractivity (Wildman–Crippen MR) is 80.2 cm³/mol. The van der Waals surface area contributed by atoms with Crippen LogP contribution in [-0.2, 0) is 9.59 Å². The number of aromatic hydroxyl groups is 1. The SMILES string of the molecule is O=C(O)CCN1C(=O)/C(=C/c2ccc(O)cc2)SC1=S. The number of hydrogen-bond acceptors (Lipinski definition) is 5. The van der Waals surface area contributed by atoms with Gasteiger partial charge < -0.3 is 10.2 Å². The smallest absolute Gasteiger partial charge is 0.305 e. The molecule has 0 aliphatic carbocycles. The van der Waals surface area contributed by atoms with Gasteiger partial charge in [-0.25, -0.2) is 0 Å². The number of rotatable bonds is 4. The zero-order valence-corrected chi connectivity index (χ0v) is 11.9. The average molecular weight is 309 g/mol. The van der Waals surface area contributed by atoms with Gasteiger partial charge in [-0.2, -0.15) is 0 Å². The highest BCUT2D eigenvalue weighted by molar-refractivity contribution is 8.26. The number of phenols is 1. The van der Waals surface area contributed by atoms with E-state index in [1.807, 2.05) is 0 Å². The molecule has 0 atom stereocenters. The molecule has 1 aromatic rings. The first-order valence-electron chi connectivity index (χ1n) is 5.73. The molecule has 20 heavy (non-hydrogen) atoms. The van der Waals surface area contributed by atoms with Crippen LogP contribution in [0.2, 0.25) is 0 Å². The molecule has 1 fully saturated rings. The van der Waals surface area contributed by atoms with E-state index >= 15 is 0 Å². The molecule has 0 radical (unpaired) electrons. The summed E-state index contributed by atoms with van der Waals surface area (Å²) in [4.78, 5) is 24.4. The van der Waals surface area contributed by atoms with E-state index in [1.165, 1.54) is 17.0 Å². The third kappa shape index (κ3) is 3.37. The lowest BCUT2D eigenvalue weighted by Crippen LogP contribution is -2.30. The van der Waals surface area contributed by atoms with Crippen molar-refractivity contribution in [2.75, 3.05) is 6.54 Å².